The van der Waals surface area contributed by atoms with E-state index in [1.165, 1.54) is 0 Å². The average molecular weight is 308 g/mol. The third kappa shape index (κ3) is 4.56. The molecular weight excluding hydrogens is 284 g/mol. The van der Waals surface area contributed by atoms with Crippen molar-refractivity contribution in [3.8, 4) is 0 Å². The van der Waals surface area contributed by atoms with Crippen LogP contribution in [0, 0.1) is 6.92 Å². The molecule has 1 heterocycles. The molecule has 1 fully saturated rings. The van der Waals surface area contributed by atoms with Gasteiger partial charge in [0.25, 0.3) is 5.91 Å². The minimum absolute atomic E-state index is 0.0324. The second-order valence-electron chi connectivity index (χ2n) is 5.57. The van der Waals surface area contributed by atoms with Gasteiger partial charge in [-0.2, -0.15) is 0 Å². The van der Waals surface area contributed by atoms with Crippen molar-refractivity contribution in [3.63, 3.8) is 0 Å². The fourth-order valence-electron chi connectivity index (χ4n) is 2.46. The average Bonchev–Trinajstić information content (AvgIpc) is 2.48. The van der Waals surface area contributed by atoms with Crippen LogP contribution in [0.5, 0.6) is 0 Å². The third-order valence-electron chi connectivity index (χ3n) is 3.71. The number of hydrogen-bond donors (Lipinski definition) is 2. The zero-order chi connectivity index (χ0) is 15.2. The molecule has 0 saturated carbocycles. The van der Waals surface area contributed by atoms with E-state index in [0.717, 1.165) is 37.1 Å². The summed E-state index contributed by atoms with van der Waals surface area (Å²) in [6, 6.07) is 6.05. The van der Waals surface area contributed by atoms with Crippen LogP contribution in [0.15, 0.2) is 18.2 Å². The molecular formula is C16H24N2O2S. The van der Waals surface area contributed by atoms with Gasteiger partial charge >= 0.3 is 0 Å². The summed E-state index contributed by atoms with van der Waals surface area (Å²) >= 11 is 0. The lowest BCUT2D eigenvalue weighted by Gasteiger charge is -2.23. The third-order valence-corrected chi connectivity index (χ3v) is 5.09. The van der Waals surface area contributed by atoms with E-state index < -0.39 is 10.8 Å². The topological polar surface area (TPSA) is 58.2 Å². The molecule has 1 saturated heterocycles. The van der Waals surface area contributed by atoms with Crippen LogP contribution in [-0.2, 0) is 10.8 Å². The van der Waals surface area contributed by atoms with Crippen molar-refractivity contribution in [1.82, 2.24) is 5.32 Å². The van der Waals surface area contributed by atoms with Crippen LogP contribution in [0.2, 0.25) is 0 Å². The minimum atomic E-state index is -0.696. The normalized spacial score (nSPS) is 21.8. The molecule has 2 N–H and O–H groups in total. The molecule has 0 radical (unpaired) electrons. The highest BCUT2D eigenvalue weighted by atomic mass is 32.2. The Morgan fingerprint density at radius 1 is 1.33 bits per heavy atom. The van der Waals surface area contributed by atoms with Crippen molar-refractivity contribution in [2.75, 3.05) is 23.4 Å². The van der Waals surface area contributed by atoms with Crippen LogP contribution >= 0.6 is 0 Å². The van der Waals surface area contributed by atoms with Gasteiger partial charge in [0.1, 0.15) is 0 Å². The Morgan fingerprint density at radius 2 is 2.05 bits per heavy atom. The van der Waals surface area contributed by atoms with Gasteiger partial charge in [-0.25, -0.2) is 0 Å². The molecule has 1 aromatic carbocycles. The predicted octanol–water partition coefficient (Wildman–Crippen LogP) is 2.46. The Bertz CT molecular complexity index is 521. The molecule has 0 bridgehead atoms. The number of benzene rings is 1. The number of aryl methyl sites for hydroxylation is 1. The lowest BCUT2D eigenvalue weighted by atomic mass is 10.1. The molecule has 1 amide bonds. The summed E-state index contributed by atoms with van der Waals surface area (Å²) in [5.41, 5.74) is 2.67. The zero-order valence-corrected chi connectivity index (χ0v) is 13.6. The second-order valence-corrected chi connectivity index (χ2v) is 7.27. The monoisotopic (exact) mass is 308 g/mol. The number of anilines is 1. The van der Waals surface area contributed by atoms with E-state index in [2.05, 4.69) is 17.6 Å². The second kappa shape index (κ2) is 7.59. The van der Waals surface area contributed by atoms with E-state index in [4.69, 9.17) is 0 Å². The highest BCUT2D eigenvalue weighted by molar-refractivity contribution is 7.85. The van der Waals surface area contributed by atoms with Gasteiger partial charge in [0.05, 0.1) is 5.56 Å². The highest BCUT2D eigenvalue weighted by Gasteiger charge is 2.21. The fraction of sp³-hybridized carbons (Fsp3) is 0.562. The van der Waals surface area contributed by atoms with E-state index >= 15 is 0 Å². The number of nitrogens with one attached hydrogen (secondary N) is 2. The summed E-state index contributed by atoms with van der Waals surface area (Å²) in [6.45, 7) is 4.94. The van der Waals surface area contributed by atoms with Crippen LogP contribution in [0.4, 0.5) is 5.69 Å². The van der Waals surface area contributed by atoms with Crippen molar-refractivity contribution in [1.29, 1.82) is 0 Å². The van der Waals surface area contributed by atoms with Crippen LogP contribution in [0.1, 0.15) is 42.1 Å². The van der Waals surface area contributed by atoms with Gasteiger partial charge in [0.15, 0.2) is 0 Å². The van der Waals surface area contributed by atoms with E-state index in [1.807, 2.05) is 25.1 Å². The maximum absolute atomic E-state index is 12.5. The lowest BCUT2D eigenvalue weighted by molar-refractivity contribution is 0.0935. The fourth-order valence-corrected chi connectivity index (χ4v) is 3.76. The van der Waals surface area contributed by atoms with Crippen molar-refractivity contribution in [3.05, 3.63) is 29.3 Å². The molecule has 0 atom stereocenters. The lowest BCUT2D eigenvalue weighted by Crippen LogP contribution is -2.39. The molecule has 0 spiro atoms. The van der Waals surface area contributed by atoms with Gasteiger partial charge in [0.2, 0.25) is 0 Å². The van der Waals surface area contributed by atoms with Crippen LogP contribution in [0.25, 0.3) is 0 Å². The first-order valence-electron chi connectivity index (χ1n) is 7.60. The maximum atomic E-state index is 12.5. The number of rotatable bonds is 5. The zero-order valence-electron chi connectivity index (χ0n) is 12.8. The van der Waals surface area contributed by atoms with Crippen molar-refractivity contribution in [2.24, 2.45) is 0 Å². The summed E-state index contributed by atoms with van der Waals surface area (Å²) in [7, 11) is -0.696. The van der Waals surface area contributed by atoms with Gasteiger partial charge in [-0.3, -0.25) is 9.00 Å². The summed E-state index contributed by atoms with van der Waals surface area (Å²) in [5.74, 6) is 1.36. The standard InChI is InChI=1S/C16H24N2O2S/c1-3-8-17-15-5-4-12(2)11-14(15)16(19)18-13-6-9-21(20)10-7-13/h4-5,11,13,17H,3,6-10H2,1-2H3,(H,18,19). The summed E-state index contributed by atoms with van der Waals surface area (Å²) in [5, 5.41) is 6.39. The van der Waals surface area contributed by atoms with Crippen molar-refractivity contribution >= 4 is 22.4 Å². The van der Waals surface area contributed by atoms with Gasteiger partial charge < -0.3 is 10.6 Å². The number of carbonyl (C=O) groups is 1. The first-order valence-corrected chi connectivity index (χ1v) is 9.09. The summed E-state index contributed by atoms with van der Waals surface area (Å²) in [4.78, 5) is 12.5. The number of carbonyl (C=O) groups excluding carboxylic acids is 1. The van der Waals surface area contributed by atoms with Crippen molar-refractivity contribution < 1.29 is 9.00 Å². The SMILES string of the molecule is CCCNc1ccc(C)cc1C(=O)NC1CCS(=O)CC1. The Labute approximate surface area is 129 Å². The van der Waals surface area contributed by atoms with Crippen LogP contribution in [-0.4, -0.2) is 34.2 Å². The predicted molar refractivity (Wildman–Crippen MR) is 88.3 cm³/mol. The smallest absolute Gasteiger partial charge is 0.253 e. The summed E-state index contributed by atoms with van der Waals surface area (Å²) < 4.78 is 11.4. The Balaban J connectivity index is 2.06. The molecule has 0 aromatic heterocycles. The van der Waals surface area contributed by atoms with Gasteiger partial charge in [0, 0.05) is 40.6 Å². The Kier molecular flexibility index (Phi) is 5.79. The largest absolute Gasteiger partial charge is 0.384 e. The summed E-state index contributed by atoms with van der Waals surface area (Å²) in [6.07, 6.45) is 2.63. The molecule has 0 aliphatic carbocycles. The molecule has 1 aromatic rings. The quantitative estimate of drug-likeness (QED) is 0.878. The van der Waals surface area contributed by atoms with Gasteiger partial charge in [-0.05, 0) is 38.3 Å². The molecule has 1 aliphatic rings. The molecule has 2 rings (SSSR count). The molecule has 21 heavy (non-hydrogen) atoms. The molecule has 116 valence electrons. The number of amides is 1. The van der Waals surface area contributed by atoms with E-state index in [1.54, 1.807) is 0 Å². The van der Waals surface area contributed by atoms with E-state index in [9.17, 15) is 9.00 Å². The van der Waals surface area contributed by atoms with E-state index in [-0.39, 0.29) is 11.9 Å². The number of hydrogen-bond acceptors (Lipinski definition) is 3. The molecule has 1 aliphatic heterocycles. The van der Waals surface area contributed by atoms with Crippen LogP contribution in [0.3, 0.4) is 0 Å². The Hall–Kier alpha value is -1.36. The van der Waals surface area contributed by atoms with Crippen molar-refractivity contribution in [2.45, 2.75) is 39.2 Å². The first-order chi connectivity index (χ1) is 10.1. The molecule has 0 unspecified atom stereocenters. The first kappa shape index (κ1) is 16.0. The highest BCUT2D eigenvalue weighted by Crippen LogP contribution is 2.19. The Morgan fingerprint density at radius 3 is 2.71 bits per heavy atom. The molecule has 5 heteroatoms. The van der Waals surface area contributed by atoms with Gasteiger partial charge in [-0.15, -0.1) is 0 Å². The molecule has 4 nitrogen and oxygen atoms in total. The minimum Gasteiger partial charge on any atom is -0.384 e. The van der Waals surface area contributed by atoms with Crippen LogP contribution < -0.4 is 10.6 Å². The maximum Gasteiger partial charge on any atom is 0.253 e. The van der Waals surface area contributed by atoms with E-state index in [0.29, 0.717) is 17.1 Å². The van der Waals surface area contributed by atoms with Gasteiger partial charge in [-0.1, -0.05) is 18.6 Å².